The smallest absolute Gasteiger partial charge is 0.236 e. The number of thioether (sulfide) groups is 1. The number of carbonyl (C=O) groups is 1. The first-order valence-electron chi connectivity index (χ1n) is 5.86. The maximum absolute atomic E-state index is 12.1. The normalized spacial score (nSPS) is 36.5. The molecule has 2 atom stereocenters. The summed E-state index contributed by atoms with van der Waals surface area (Å²) in [7, 11) is 0. The number of nitrogens with one attached hydrogen (secondary N) is 2. The summed E-state index contributed by atoms with van der Waals surface area (Å²) in [4.78, 5) is 12.1. The number of hydrogen-bond acceptors (Lipinski definition) is 3. The Balaban J connectivity index is 1.85. The standard InChI is InChI=1S/C11H20N2OS/c1-11(5-3-7-15-11)10(14)13-9-4-2-6-12-8-9/h9,12H,2-8H2,1H3,(H,13,14)/t9-,11?/m0/s1. The maximum atomic E-state index is 12.1. The Labute approximate surface area is 95.8 Å². The number of piperidine rings is 1. The monoisotopic (exact) mass is 228 g/mol. The minimum atomic E-state index is -0.155. The molecule has 2 fully saturated rings. The van der Waals surface area contributed by atoms with Crippen LogP contribution in [0.4, 0.5) is 0 Å². The molecular weight excluding hydrogens is 208 g/mol. The zero-order valence-corrected chi connectivity index (χ0v) is 10.2. The minimum Gasteiger partial charge on any atom is -0.351 e. The predicted octanol–water partition coefficient (Wildman–Crippen LogP) is 1.14. The summed E-state index contributed by atoms with van der Waals surface area (Å²) in [5.74, 6) is 1.38. The Morgan fingerprint density at radius 2 is 2.40 bits per heavy atom. The minimum absolute atomic E-state index is 0.155. The molecule has 0 spiro atoms. The Hall–Kier alpha value is -0.220. The second kappa shape index (κ2) is 4.74. The third-order valence-corrected chi connectivity index (χ3v) is 4.85. The first-order valence-corrected chi connectivity index (χ1v) is 6.85. The van der Waals surface area contributed by atoms with E-state index in [2.05, 4.69) is 17.6 Å². The fourth-order valence-electron chi connectivity index (χ4n) is 2.27. The molecular formula is C11H20N2OS. The lowest BCUT2D eigenvalue weighted by atomic mass is 10.0. The Morgan fingerprint density at radius 1 is 1.53 bits per heavy atom. The van der Waals surface area contributed by atoms with Gasteiger partial charge in [-0.1, -0.05) is 0 Å². The van der Waals surface area contributed by atoms with Gasteiger partial charge in [0, 0.05) is 12.6 Å². The van der Waals surface area contributed by atoms with Crippen LogP contribution in [0.1, 0.15) is 32.6 Å². The molecule has 2 N–H and O–H groups in total. The molecule has 0 bridgehead atoms. The van der Waals surface area contributed by atoms with E-state index in [0.717, 1.165) is 31.7 Å². The lowest BCUT2D eigenvalue weighted by Crippen LogP contribution is -2.51. The van der Waals surface area contributed by atoms with Crippen molar-refractivity contribution >= 4 is 17.7 Å². The molecule has 2 aliphatic heterocycles. The molecule has 0 aliphatic carbocycles. The van der Waals surface area contributed by atoms with Crippen LogP contribution in [0.25, 0.3) is 0 Å². The third kappa shape index (κ3) is 2.67. The number of amides is 1. The lowest BCUT2D eigenvalue weighted by molar-refractivity contribution is -0.123. The molecule has 4 heteroatoms. The lowest BCUT2D eigenvalue weighted by Gasteiger charge is -2.28. The van der Waals surface area contributed by atoms with Crippen LogP contribution in [0.15, 0.2) is 0 Å². The molecule has 0 aromatic heterocycles. The van der Waals surface area contributed by atoms with Crippen molar-refractivity contribution in [1.82, 2.24) is 10.6 Å². The molecule has 2 heterocycles. The molecule has 15 heavy (non-hydrogen) atoms. The van der Waals surface area contributed by atoms with Gasteiger partial charge in [0.1, 0.15) is 0 Å². The largest absolute Gasteiger partial charge is 0.351 e. The fourth-order valence-corrected chi connectivity index (χ4v) is 3.49. The van der Waals surface area contributed by atoms with Gasteiger partial charge in [0.2, 0.25) is 5.91 Å². The quantitative estimate of drug-likeness (QED) is 0.745. The van der Waals surface area contributed by atoms with Crippen LogP contribution in [0.2, 0.25) is 0 Å². The van der Waals surface area contributed by atoms with Crippen LogP contribution in [0.5, 0.6) is 0 Å². The molecule has 1 unspecified atom stereocenters. The molecule has 1 amide bonds. The summed E-state index contributed by atoms with van der Waals surface area (Å²) in [6, 6.07) is 0.351. The first-order chi connectivity index (χ1) is 7.21. The van der Waals surface area contributed by atoms with Gasteiger partial charge in [-0.2, -0.15) is 0 Å². The molecule has 0 aromatic rings. The van der Waals surface area contributed by atoms with Gasteiger partial charge in [-0.3, -0.25) is 4.79 Å². The third-order valence-electron chi connectivity index (χ3n) is 3.33. The highest BCUT2D eigenvalue weighted by Gasteiger charge is 2.37. The van der Waals surface area contributed by atoms with E-state index in [1.165, 1.54) is 12.8 Å². The van der Waals surface area contributed by atoms with Crippen molar-refractivity contribution in [3.8, 4) is 0 Å². The van der Waals surface area contributed by atoms with Crippen molar-refractivity contribution in [2.45, 2.75) is 43.4 Å². The Bertz CT molecular complexity index is 233. The van der Waals surface area contributed by atoms with Gasteiger partial charge in [-0.15, -0.1) is 11.8 Å². The SMILES string of the molecule is CC1(C(=O)N[C@H]2CCCNC2)CCCS1. The number of rotatable bonds is 2. The van der Waals surface area contributed by atoms with Crippen molar-refractivity contribution < 1.29 is 4.79 Å². The summed E-state index contributed by atoms with van der Waals surface area (Å²) in [6.07, 6.45) is 4.51. The topological polar surface area (TPSA) is 41.1 Å². The Kier molecular flexibility index (Phi) is 3.57. The first kappa shape index (κ1) is 11.3. The van der Waals surface area contributed by atoms with E-state index in [0.29, 0.717) is 6.04 Å². The summed E-state index contributed by atoms with van der Waals surface area (Å²) >= 11 is 1.81. The summed E-state index contributed by atoms with van der Waals surface area (Å²) in [5, 5.41) is 6.50. The predicted molar refractivity (Wildman–Crippen MR) is 64.1 cm³/mol. The average molecular weight is 228 g/mol. The zero-order valence-electron chi connectivity index (χ0n) is 9.34. The molecule has 0 saturated carbocycles. The molecule has 0 aromatic carbocycles. The van der Waals surface area contributed by atoms with E-state index in [4.69, 9.17) is 0 Å². The zero-order chi connectivity index (χ0) is 10.7. The van der Waals surface area contributed by atoms with Crippen LogP contribution in [0, 0.1) is 0 Å². The van der Waals surface area contributed by atoms with Crippen LogP contribution in [0.3, 0.4) is 0 Å². The highest BCUT2D eigenvalue weighted by molar-refractivity contribution is 8.01. The molecule has 3 nitrogen and oxygen atoms in total. The van der Waals surface area contributed by atoms with Crippen molar-refractivity contribution in [2.24, 2.45) is 0 Å². The van der Waals surface area contributed by atoms with Crippen LogP contribution in [-0.4, -0.2) is 35.5 Å². The van der Waals surface area contributed by atoms with E-state index in [1.54, 1.807) is 0 Å². The highest BCUT2D eigenvalue weighted by atomic mass is 32.2. The molecule has 2 rings (SSSR count). The maximum Gasteiger partial charge on any atom is 0.236 e. The molecule has 0 radical (unpaired) electrons. The van der Waals surface area contributed by atoms with Gasteiger partial charge in [0.05, 0.1) is 4.75 Å². The van der Waals surface area contributed by atoms with E-state index in [9.17, 15) is 4.79 Å². The molecule has 86 valence electrons. The van der Waals surface area contributed by atoms with E-state index in [-0.39, 0.29) is 10.7 Å². The van der Waals surface area contributed by atoms with Crippen molar-refractivity contribution in [3.63, 3.8) is 0 Å². The molecule has 2 saturated heterocycles. The van der Waals surface area contributed by atoms with Crippen LogP contribution >= 0.6 is 11.8 Å². The Morgan fingerprint density at radius 3 is 3.00 bits per heavy atom. The van der Waals surface area contributed by atoms with Gasteiger partial charge in [0.15, 0.2) is 0 Å². The van der Waals surface area contributed by atoms with Gasteiger partial charge in [0.25, 0.3) is 0 Å². The van der Waals surface area contributed by atoms with Gasteiger partial charge in [-0.25, -0.2) is 0 Å². The average Bonchev–Trinajstić information content (AvgIpc) is 2.68. The molecule has 2 aliphatic rings. The van der Waals surface area contributed by atoms with Crippen LogP contribution in [-0.2, 0) is 4.79 Å². The van der Waals surface area contributed by atoms with Gasteiger partial charge >= 0.3 is 0 Å². The van der Waals surface area contributed by atoms with E-state index >= 15 is 0 Å². The summed E-state index contributed by atoms with van der Waals surface area (Å²) < 4.78 is -0.155. The van der Waals surface area contributed by atoms with Crippen molar-refractivity contribution in [1.29, 1.82) is 0 Å². The van der Waals surface area contributed by atoms with Gasteiger partial charge < -0.3 is 10.6 Å². The second-order valence-electron chi connectivity index (χ2n) is 4.70. The highest BCUT2D eigenvalue weighted by Crippen LogP contribution is 2.37. The number of hydrogen-bond donors (Lipinski definition) is 2. The van der Waals surface area contributed by atoms with Crippen LogP contribution < -0.4 is 10.6 Å². The van der Waals surface area contributed by atoms with E-state index in [1.807, 2.05) is 11.8 Å². The summed E-state index contributed by atoms with van der Waals surface area (Å²) in [6.45, 7) is 4.11. The fraction of sp³-hybridized carbons (Fsp3) is 0.909. The number of carbonyl (C=O) groups excluding carboxylic acids is 1. The summed E-state index contributed by atoms with van der Waals surface area (Å²) in [5.41, 5.74) is 0. The second-order valence-corrected chi connectivity index (χ2v) is 6.30. The van der Waals surface area contributed by atoms with Gasteiger partial charge in [-0.05, 0) is 44.9 Å². The van der Waals surface area contributed by atoms with Crippen molar-refractivity contribution in [2.75, 3.05) is 18.8 Å². The van der Waals surface area contributed by atoms with E-state index < -0.39 is 0 Å². The van der Waals surface area contributed by atoms with Crippen molar-refractivity contribution in [3.05, 3.63) is 0 Å².